The Morgan fingerprint density at radius 3 is 1.75 bits per heavy atom. The number of aliphatic carboxylic acids is 1. The molecule has 330 valence electrons. The molecule has 22 nitrogen and oxygen atoms in total. The topological polar surface area (TPSA) is 318 Å². The summed E-state index contributed by atoms with van der Waals surface area (Å²) in [6, 6.07) is 12.4. The maximum atomic E-state index is 12.2. The Hall–Kier alpha value is -6.20. The number of nitrogens with two attached hydrogens (primary N) is 1. The fourth-order valence-electron chi connectivity index (χ4n) is 4.12. The van der Waals surface area contributed by atoms with Crippen LogP contribution < -0.4 is 25.8 Å². The third-order valence-corrected chi connectivity index (χ3v) is 6.78. The number of alkyl halides is 3. The molecule has 0 aliphatic heterocycles. The van der Waals surface area contributed by atoms with Crippen LogP contribution in [0.25, 0.3) is 20.9 Å². The number of rotatable bonds is 29. The van der Waals surface area contributed by atoms with Gasteiger partial charge in [-0.25, -0.2) is 9.59 Å². The molecule has 0 aliphatic carbocycles. The number of carbonyl (C=O) groups excluding carboxylic acids is 4. The van der Waals surface area contributed by atoms with Crippen molar-refractivity contribution < 1.29 is 75.4 Å². The third-order valence-electron chi connectivity index (χ3n) is 6.78. The zero-order valence-corrected chi connectivity index (χ0v) is 32.4. The molecule has 0 spiro atoms. The number of ether oxygens (including phenoxy) is 7. The molecule has 2 unspecified atom stereocenters. The van der Waals surface area contributed by atoms with E-state index in [2.05, 4.69) is 30.7 Å². The maximum Gasteiger partial charge on any atom is 0.449 e. The van der Waals surface area contributed by atoms with E-state index in [1.807, 2.05) is 0 Å². The first-order valence-corrected chi connectivity index (χ1v) is 17.9. The first-order chi connectivity index (χ1) is 28.7. The zero-order valence-electron chi connectivity index (χ0n) is 32.4. The summed E-state index contributed by atoms with van der Waals surface area (Å²) >= 11 is 0. The summed E-state index contributed by atoms with van der Waals surface area (Å²) in [5, 5.41) is 20.4. The number of hydrogen-bond acceptors (Lipinski definition) is 15. The second kappa shape index (κ2) is 30.8. The highest BCUT2D eigenvalue weighted by Crippen LogP contribution is 2.19. The SMILES string of the molecule is CCOC(=O)COCCOC(COc1cccc(C(=O)NCCCC(=O)C(F)(F)F)c1)N=[N+]=[N-].[N-]=[N+]=NC(COc1cccc(C(=O)NCCN)c1)OCCOCC(=O)O. The van der Waals surface area contributed by atoms with Gasteiger partial charge in [-0.3, -0.25) is 14.4 Å². The molecule has 0 radical (unpaired) electrons. The zero-order chi connectivity index (χ0) is 44.6. The van der Waals surface area contributed by atoms with Crippen molar-refractivity contribution in [2.24, 2.45) is 16.0 Å². The van der Waals surface area contributed by atoms with Crippen LogP contribution in [0.3, 0.4) is 0 Å². The van der Waals surface area contributed by atoms with Gasteiger partial charge in [0.2, 0.25) is 5.78 Å². The highest BCUT2D eigenvalue weighted by atomic mass is 19.4. The summed E-state index contributed by atoms with van der Waals surface area (Å²) in [5.41, 5.74) is 23.1. The number of hydrogen-bond donors (Lipinski definition) is 4. The standard InChI is InChI=1S/C20H25F3N4O7.C15H21N5O6/c1-2-32-18(29)13-31-9-10-33-17(26-27-24)12-34-15-6-3-5-14(11-15)19(30)25-8-4-7-16(28)20(21,22)23;16-4-5-18-15(23)11-2-1-3-12(8-11)26-9-13(19-20-17)25-7-6-24-10-14(21)22/h3,5-6,11,17H,2,4,7-10,12-13H2,1H3,(H,25,30);1-3,8,13H,4-7,9-10,16H2,(H,18,23)(H,21,22). The molecule has 0 aromatic heterocycles. The predicted molar refractivity (Wildman–Crippen MR) is 202 cm³/mol. The number of carboxylic acid groups (broad SMARTS) is 1. The number of benzene rings is 2. The molecule has 2 aromatic carbocycles. The van der Waals surface area contributed by atoms with Gasteiger partial charge in [-0.15, -0.1) is 0 Å². The molecule has 25 heteroatoms. The molecule has 2 atom stereocenters. The summed E-state index contributed by atoms with van der Waals surface area (Å²) in [6.07, 6.45) is -7.71. The van der Waals surface area contributed by atoms with E-state index in [0.29, 0.717) is 24.4 Å². The molecule has 0 fully saturated rings. The maximum absolute atomic E-state index is 12.2. The summed E-state index contributed by atoms with van der Waals surface area (Å²) in [7, 11) is 0. The minimum Gasteiger partial charge on any atom is -0.491 e. The van der Waals surface area contributed by atoms with Gasteiger partial charge in [0, 0.05) is 47.0 Å². The Bertz CT molecular complexity index is 1740. The van der Waals surface area contributed by atoms with Crippen molar-refractivity contribution >= 4 is 29.5 Å². The Balaban J connectivity index is 0.000000622. The Morgan fingerprint density at radius 2 is 1.30 bits per heavy atom. The quantitative estimate of drug-likeness (QED) is 0.0300. The van der Waals surface area contributed by atoms with Crippen molar-refractivity contribution in [1.29, 1.82) is 0 Å². The molecule has 2 amide bonds. The Labute approximate surface area is 340 Å². The lowest BCUT2D eigenvalue weighted by Crippen LogP contribution is -2.29. The molecular formula is C35H46F3N9O13. The summed E-state index contributed by atoms with van der Waals surface area (Å²) < 4.78 is 72.6. The van der Waals surface area contributed by atoms with E-state index in [1.54, 1.807) is 25.1 Å². The second-order valence-corrected chi connectivity index (χ2v) is 11.4. The monoisotopic (exact) mass is 857 g/mol. The van der Waals surface area contributed by atoms with Crippen LogP contribution in [0.2, 0.25) is 0 Å². The number of Topliss-reactive ketones (excluding diaryl/α,β-unsaturated/α-hetero) is 1. The van der Waals surface area contributed by atoms with Gasteiger partial charge in [-0.05, 0) is 60.8 Å². The predicted octanol–water partition coefficient (Wildman–Crippen LogP) is 3.45. The van der Waals surface area contributed by atoms with Crippen LogP contribution in [0.15, 0.2) is 58.8 Å². The normalized spacial score (nSPS) is 11.6. The van der Waals surface area contributed by atoms with Gasteiger partial charge in [0.1, 0.15) is 37.9 Å². The van der Waals surface area contributed by atoms with E-state index in [1.165, 1.54) is 30.3 Å². The summed E-state index contributed by atoms with van der Waals surface area (Å²) in [4.78, 5) is 61.7. The van der Waals surface area contributed by atoms with Crippen molar-refractivity contribution in [2.45, 2.75) is 38.4 Å². The van der Waals surface area contributed by atoms with Gasteiger partial charge < -0.3 is 54.6 Å². The molecule has 0 saturated carbocycles. The number of ketones is 1. The van der Waals surface area contributed by atoms with E-state index in [4.69, 9.17) is 55.1 Å². The number of esters is 1. The molecule has 0 heterocycles. The lowest BCUT2D eigenvalue weighted by atomic mass is 10.2. The van der Waals surface area contributed by atoms with Gasteiger partial charge in [-0.1, -0.05) is 22.4 Å². The Morgan fingerprint density at radius 1 is 0.800 bits per heavy atom. The van der Waals surface area contributed by atoms with Crippen molar-refractivity contribution in [2.75, 3.05) is 79.1 Å². The minimum absolute atomic E-state index is 0.00569. The number of nitrogens with one attached hydrogen (secondary N) is 2. The van der Waals surface area contributed by atoms with Crippen LogP contribution in [0.1, 0.15) is 40.5 Å². The van der Waals surface area contributed by atoms with Gasteiger partial charge >= 0.3 is 18.1 Å². The fourth-order valence-corrected chi connectivity index (χ4v) is 4.12. The lowest BCUT2D eigenvalue weighted by Gasteiger charge is -2.14. The Kier molecular flexibility index (Phi) is 26.6. The van der Waals surface area contributed by atoms with E-state index in [-0.39, 0.29) is 83.0 Å². The van der Waals surface area contributed by atoms with Gasteiger partial charge in [0.15, 0.2) is 12.5 Å². The van der Waals surface area contributed by atoms with Crippen LogP contribution in [0.5, 0.6) is 11.5 Å². The number of carboxylic acids is 1. The van der Waals surface area contributed by atoms with Crippen molar-refractivity contribution in [3.63, 3.8) is 0 Å². The van der Waals surface area contributed by atoms with Crippen molar-refractivity contribution in [3.05, 3.63) is 80.5 Å². The molecule has 2 rings (SSSR count). The number of azide groups is 2. The average molecular weight is 858 g/mol. The summed E-state index contributed by atoms with van der Waals surface area (Å²) in [5.74, 6) is -3.65. The van der Waals surface area contributed by atoms with E-state index in [0.717, 1.165) is 0 Å². The second-order valence-electron chi connectivity index (χ2n) is 11.4. The molecular weight excluding hydrogens is 811 g/mol. The summed E-state index contributed by atoms with van der Waals surface area (Å²) in [6.45, 7) is 1.64. The molecule has 0 saturated heterocycles. The highest BCUT2D eigenvalue weighted by molar-refractivity contribution is 5.95. The largest absolute Gasteiger partial charge is 0.491 e. The van der Waals surface area contributed by atoms with Crippen LogP contribution in [-0.4, -0.2) is 132 Å². The molecule has 2 aromatic rings. The van der Waals surface area contributed by atoms with Crippen LogP contribution in [0, 0.1) is 0 Å². The van der Waals surface area contributed by atoms with Crippen molar-refractivity contribution in [3.8, 4) is 11.5 Å². The lowest BCUT2D eigenvalue weighted by molar-refractivity contribution is -0.171. The minimum atomic E-state index is -4.89. The number of carbonyl (C=O) groups is 5. The van der Waals surface area contributed by atoms with Gasteiger partial charge in [0.25, 0.3) is 11.8 Å². The number of nitrogens with zero attached hydrogens (tertiary/aromatic N) is 6. The van der Waals surface area contributed by atoms with E-state index >= 15 is 0 Å². The number of amides is 2. The van der Waals surface area contributed by atoms with Crippen LogP contribution >= 0.6 is 0 Å². The number of halogens is 3. The average Bonchev–Trinajstić information content (AvgIpc) is 3.22. The van der Waals surface area contributed by atoms with Crippen molar-refractivity contribution in [1.82, 2.24) is 10.6 Å². The molecule has 0 aliphatic rings. The van der Waals surface area contributed by atoms with Crippen LogP contribution in [0.4, 0.5) is 13.2 Å². The van der Waals surface area contributed by atoms with Gasteiger partial charge in [0.05, 0.1) is 33.0 Å². The van der Waals surface area contributed by atoms with E-state index in [9.17, 15) is 37.1 Å². The molecule has 5 N–H and O–H groups in total. The van der Waals surface area contributed by atoms with E-state index < -0.39 is 55.3 Å². The van der Waals surface area contributed by atoms with Gasteiger partial charge in [-0.2, -0.15) is 13.2 Å². The highest BCUT2D eigenvalue weighted by Gasteiger charge is 2.37. The fraction of sp³-hybridized carbons (Fsp3) is 0.514. The first-order valence-electron chi connectivity index (χ1n) is 17.9. The first kappa shape index (κ1) is 51.8. The molecule has 60 heavy (non-hydrogen) atoms. The molecule has 0 bridgehead atoms. The smallest absolute Gasteiger partial charge is 0.449 e. The third kappa shape index (κ3) is 24.5. The van der Waals surface area contributed by atoms with Crippen LogP contribution in [-0.2, 0) is 38.1 Å².